The van der Waals surface area contributed by atoms with Crippen LogP contribution in [0.25, 0.3) is 0 Å². The number of rotatable bonds is 3. The summed E-state index contributed by atoms with van der Waals surface area (Å²) in [5, 5.41) is 14.5. The third-order valence-electron chi connectivity index (χ3n) is 4.87. The van der Waals surface area contributed by atoms with Gasteiger partial charge in [-0.25, -0.2) is 0 Å². The molecule has 1 aromatic heterocycles. The zero-order chi connectivity index (χ0) is 13.1. The van der Waals surface area contributed by atoms with Crippen molar-refractivity contribution in [3.63, 3.8) is 0 Å². The topological polar surface area (TPSA) is 38.0 Å². The van der Waals surface area contributed by atoms with Gasteiger partial charge in [0.15, 0.2) is 0 Å². The van der Waals surface area contributed by atoms with E-state index < -0.39 is 0 Å². The van der Waals surface area contributed by atoms with Gasteiger partial charge in [0.05, 0.1) is 17.8 Å². The van der Waals surface area contributed by atoms with Crippen LogP contribution in [0.15, 0.2) is 12.3 Å². The minimum Gasteiger partial charge on any atom is -0.393 e. The SMILES string of the molecule is OC1CCCC(Cc2ccn(C3CCCCC3)n2)C1. The molecule has 19 heavy (non-hydrogen) atoms. The summed E-state index contributed by atoms with van der Waals surface area (Å²) >= 11 is 0. The van der Waals surface area contributed by atoms with E-state index in [0.29, 0.717) is 12.0 Å². The number of aromatic nitrogens is 2. The van der Waals surface area contributed by atoms with Crippen molar-refractivity contribution < 1.29 is 5.11 Å². The van der Waals surface area contributed by atoms with Gasteiger partial charge in [-0.15, -0.1) is 0 Å². The Bertz CT molecular complexity index is 395. The van der Waals surface area contributed by atoms with E-state index in [1.54, 1.807) is 0 Å². The molecule has 2 aliphatic carbocycles. The molecule has 2 fully saturated rings. The second-order valence-corrected chi connectivity index (χ2v) is 6.47. The second kappa shape index (κ2) is 6.08. The average molecular weight is 262 g/mol. The fraction of sp³-hybridized carbons (Fsp3) is 0.812. The van der Waals surface area contributed by atoms with Crippen LogP contribution in [-0.2, 0) is 6.42 Å². The first kappa shape index (κ1) is 13.2. The number of nitrogens with zero attached hydrogens (tertiary/aromatic N) is 2. The van der Waals surface area contributed by atoms with Crippen molar-refractivity contribution in [1.82, 2.24) is 9.78 Å². The molecule has 0 bridgehead atoms. The maximum Gasteiger partial charge on any atom is 0.0627 e. The summed E-state index contributed by atoms with van der Waals surface area (Å²) in [6.07, 6.45) is 14.2. The van der Waals surface area contributed by atoms with Crippen molar-refractivity contribution in [1.29, 1.82) is 0 Å². The molecule has 0 aromatic carbocycles. The van der Waals surface area contributed by atoms with Crippen LogP contribution >= 0.6 is 0 Å². The number of aliphatic hydroxyl groups excluding tert-OH is 1. The highest BCUT2D eigenvalue weighted by molar-refractivity contribution is 5.02. The molecule has 2 atom stereocenters. The fourth-order valence-corrected chi connectivity index (χ4v) is 3.78. The molecule has 3 rings (SSSR count). The standard InChI is InChI=1S/C16H26N2O/c19-16-8-4-5-13(12-16)11-14-9-10-18(17-14)15-6-2-1-3-7-15/h9-10,13,15-16,19H,1-8,11-12H2. The third-order valence-corrected chi connectivity index (χ3v) is 4.87. The van der Waals surface area contributed by atoms with Crippen molar-refractivity contribution in [3.05, 3.63) is 18.0 Å². The Hall–Kier alpha value is -0.830. The lowest BCUT2D eigenvalue weighted by molar-refractivity contribution is 0.101. The van der Waals surface area contributed by atoms with Crippen LogP contribution in [0.2, 0.25) is 0 Å². The Morgan fingerprint density at radius 2 is 1.95 bits per heavy atom. The van der Waals surface area contributed by atoms with Crippen LogP contribution in [0.3, 0.4) is 0 Å². The molecule has 2 aliphatic rings. The summed E-state index contributed by atoms with van der Waals surface area (Å²) < 4.78 is 2.20. The van der Waals surface area contributed by atoms with E-state index in [1.807, 2.05) is 0 Å². The zero-order valence-electron chi connectivity index (χ0n) is 11.8. The molecule has 2 unspecified atom stereocenters. The van der Waals surface area contributed by atoms with Crippen LogP contribution in [-0.4, -0.2) is 21.0 Å². The second-order valence-electron chi connectivity index (χ2n) is 6.47. The maximum absolute atomic E-state index is 9.74. The van der Waals surface area contributed by atoms with E-state index in [-0.39, 0.29) is 6.10 Å². The van der Waals surface area contributed by atoms with Crippen LogP contribution < -0.4 is 0 Å². The Labute approximate surface area is 116 Å². The normalized spacial score (nSPS) is 29.5. The molecule has 106 valence electrons. The van der Waals surface area contributed by atoms with E-state index in [2.05, 4.69) is 16.9 Å². The van der Waals surface area contributed by atoms with Crippen molar-refractivity contribution in [2.45, 2.75) is 76.4 Å². The van der Waals surface area contributed by atoms with Gasteiger partial charge in [-0.3, -0.25) is 4.68 Å². The lowest BCUT2D eigenvalue weighted by Gasteiger charge is -2.25. The summed E-state index contributed by atoms with van der Waals surface area (Å²) in [6.45, 7) is 0. The van der Waals surface area contributed by atoms with E-state index in [1.165, 1.54) is 50.6 Å². The van der Waals surface area contributed by atoms with Crippen LogP contribution in [0, 0.1) is 5.92 Å². The third kappa shape index (κ3) is 3.38. The summed E-state index contributed by atoms with van der Waals surface area (Å²) in [5.41, 5.74) is 1.23. The Morgan fingerprint density at radius 3 is 2.74 bits per heavy atom. The molecule has 0 spiro atoms. The van der Waals surface area contributed by atoms with E-state index in [0.717, 1.165) is 19.3 Å². The predicted molar refractivity (Wildman–Crippen MR) is 76.0 cm³/mol. The molecule has 2 saturated carbocycles. The molecule has 0 aliphatic heterocycles. The highest BCUT2D eigenvalue weighted by Gasteiger charge is 2.22. The molecule has 1 heterocycles. The largest absolute Gasteiger partial charge is 0.393 e. The zero-order valence-corrected chi connectivity index (χ0v) is 11.8. The van der Waals surface area contributed by atoms with Gasteiger partial charge in [-0.2, -0.15) is 5.10 Å². The Balaban J connectivity index is 1.58. The first-order valence-corrected chi connectivity index (χ1v) is 8.03. The number of hydrogen-bond acceptors (Lipinski definition) is 2. The molecule has 1 aromatic rings. The van der Waals surface area contributed by atoms with Gasteiger partial charge < -0.3 is 5.11 Å². The Morgan fingerprint density at radius 1 is 1.11 bits per heavy atom. The summed E-state index contributed by atoms with van der Waals surface area (Å²) in [5.74, 6) is 0.637. The van der Waals surface area contributed by atoms with Gasteiger partial charge in [-0.1, -0.05) is 25.7 Å². The van der Waals surface area contributed by atoms with Gasteiger partial charge in [0, 0.05) is 6.20 Å². The molecular formula is C16H26N2O. The molecular weight excluding hydrogens is 236 g/mol. The lowest BCUT2D eigenvalue weighted by atomic mass is 9.84. The highest BCUT2D eigenvalue weighted by Crippen LogP contribution is 2.29. The molecule has 3 heteroatoms. The Kier molecular flexibility index (Phi) is 4.21. The average Bonchev–Trinajstić information content (AvgIpc) is 2.88. The van der Waals surface area contributed by atoms with Gasteiger partial charge in [0.25, 0.3) is 0 Å². The molecule has 0 saturated heterocycles. The number of aliphatic hydroxyl groups is 1. The van der Waals surface area contributed by atoms with Crippen LogP contribution in [0.1, 0.15) is 69.5 Å². The molecule has 0 radical (unpaired) electrons. The fourth-order valence-electron chi connectivity index (χ4n) is 3.78. The van der Waals surface area contributed by atoms with E-state index in [9.17, 15) is 5.11 Å². The van der Waals surface area contributed by atoms with Crippen molar-refractivity contribution in [3.8, 4) is 0 Å². The first-order chi connectivity index (χ1) is 9.31. The first-order valence-electron chi connectivity index (χ1n) is 8.03. The van der Waals surface area contributed by atoms with Crippen molar-refractivity contribution in [2.24, 2.45) is 5.92 Å². The minimum atomic E-state index is -0.0702. The molecule has 1 N–H and O–H groups in total. The molecule has 0 amide bonds. The van der Waals surface area contributed by atoms with Gasteiger partial charge in [0.1, 0.15) is 0 Å². The van der Waals surface area contributed by atoms with Crippen molar-refractivity contribution >= 4 is 0 Å². The maximum atomic E-state index is 9.74. The smallest absolute Gasteiger partial charge is 0.0627 e. The van der Waals surface area contributed by atoms with Crippen LogP contribution in [0.5, 0.6) is 0 Å². The van der Waals surface area contributed by atoms with Crippen LogP contribution in [0.4, 0.5) is 0 Å². The molecule has 3 nitrogen and oxygen atoms in total. The number of hydrogen-bond donors (Lipinski definition) is 1. The summed E-state index contributed by atoms with van der Waals surface area (Å²) in [6, 6.07) is 2.83. The quantitative estimate of drug-likeness (QED) is 0.905. The summed E-state index contributed by atoms with van der Waals surface area (Å²) in [7, 11) is 0. The van der Waals surface area contributed by atoms with E-state index >= 15 is 0 Å². The van der Waals surface area contributed by atoms with Gasteiger partial charge in [0.2, 0.25) is 0 Å². The monoisotopic (exact) mass is 262 g/mol. The van der Waals surface area contributed by atoms with Crippen molar-refractivity contribution in [2.75, 3.05) is 0 Å². The highest BCUT2D eigenvalue weighted by atomic mass is 16.3. The summed E-state index contributed by atoms with van der Waals surface area (Å²) in [4.78, 5) is 0. The van der Waals surface area contributed by atoms with E-state index in [4.69, 9.17) is 5.10 Å². The van der Waals surface area contributed by atoms with Gasteiger partial charge in [-0.05, 0) is 50.5 Å². The van der Waals surface area contributed by atoms with Gasteiger partial charge >= 0.3 is 0 Å². The predicted octanol–water partition coefficient (Wildman–Crippen LogP) is 3.48. The minimum absolute atomic E-state index is 0.0702. The lowest BCUT2D eigenvalue weighted by Crippen LogP contribution is -2.21.